The van der Waals surface area contributed by atoms with Crippen molar-refractivity contribution in [3.63, 3.8) is 0 Å². The average molecular weight is 350 g/mol. The molecule has 1 saturated carbocycles. The van der Waals surface area contributed by atoms with Gasteiger partial charge >= 0.3 is 0 Å². The highest BCUT2D eigenvalue weighted by molar-refractivity contribution is 7.15. The van der Waals surface area contributed by atoms with Gasteiger partial charge in [0.25, 0.3) is 0 Å². The summed E-state index contributed by atoms with van der Waals surface area (Å²) in [5.41, 5.74) is 0. The molecule has 8 heteroatoms. The number of aromatic nitrogens is 2. The van der Waals surface area contributed by atoms with Gasteiger partial charge in [-0.3, -0.25) is 24.6 Å². The normalized spacial score (nSPS) is 23.7. The molecule has 1 aliphatic heterocycles. The van der Waals surface area contributed by atoms with Crippen LogP contribution < -0.4 is 5.32 Å². The maximum atomic E-state index is 12.4. The Labute approximate surface area is 144 Å². The van der Waals surface area contributed by atoms with Crippen LogP contribution in [0.4, 0.5) is 5.13 Å². The number of nitrogens with zero attached hydrogens (tertiary/aromatic N) is 3. The summed E-state index contributed by atoms with van der Waals surface area (Å²) in [5.74, 6) is -0.779. The summed E-state index contributed by atoms with van der Waals surface area (Å²) in [6.45, 7) is 3.94. The lowest BCUT2D eigenvalue weighted by molar-refractivity contribution is -0.142. The number of anilines is 1. The third-order valence-corrected chi connectivity index (χ3v) is 5.39. The van der Waals surface area contributed by atoms with E-state index in [4.69, 9.17) is 0 Å². The SMILES string of the molecule is CC(C)Cc1nnc(NC(=O)CN2C(=O)[C@H]3CCCC[C@@H]3C2=O)s1. The fraction of sp³-hybridized carbons (Fsp3) is 0.688. The van der Waals surface area contributed by atoms with Gasteiger partial charge in [-0.1, -0.05) is 38.0 Å². The maximum absolute atomic E-state index is 12.4. The van der Waals surface area contributed by atoms with E-state index in [1.54, 1.807) is 0 Å². The number of carbonyl (C=O) groups excluding carboxylic acids is 3. The molecular formula is C16H22N4O3S. The Morgan fingerprint density at radius 1 is 1.21 bits per heavy atom. The summed E-state index contributed by atoms with van der Waals surface area (Å²) in [4.78, 5) is 38.0. The number of fused-ring (bicyclic) bond motifs is 1. The summed E-state index contributed by atoms with van der Waals surface area (Å²) in [6.07, 6.45) is 4.26. The molecule has 1 N–H and O–H groups in total. The Morgan fingerprint density at radius 2 is 1.83 bits per heavy atom. The largest absolute Gasteiger partial charge is 0.299 e. The van der Waals surface area contributed by atoms with Gasteiger partial charge in [0.15, 0.2) is 0 Å². The standard InChI is InChI=1S/C16H22N4O3S/c1-9(2)7-13-18-19-16(24-13)17-12(21)8-20-14(22)10-5-3-4-6-11(10)15(20)23/h9-11H,3-8H2,1-2H3,(H,17,19,21)/t10-,11-/m0/s1. The van der Waals surface area contributed by atoms with Crippen LogP contribution in [0.5, 0.6) is 0 Å². The molecule has 0 radical (unpaired) electrons. The molecule has 2 fully saturated rings. The number of rotatable bonds is 5. The van der Waals surface area contributed by atoms with Crippen molar-refractivity contribution in [2.75, 3.05) is 11.9 Å². The van der Waals surface area contributed by atoms with Crippen molar-refractivity contribution in [1.82, 2.24) is 15.1 Å². The van der Waals surface area contributed by atoms with E-state index >= 15 is 0 Å². The molecule has 1 aliphatic carbocycles. The number of likely N-dealkylation sites (tertiary alicyclic amines) is 1. The van der Waals surface area contributed by atoms with Gasteiger partial charge in [0.2, 0.25) is 22.9 Å². The molecule has 130 valence electrons. The Hall–Kier alpha value is -1.83. The van der Waals surface area contributed by atoms with E-state index < -0.39 is 5.91 Å². The van der Waals surface area contributed by atoms with Crippen molar-refractivity contribution < 1.29 is 14.4 Å². The molecule has 7 nitrogen and oxygen atoms in total. The zero-order valence-corrected chi connectivity index (χ0v) is 14.8. The number of hydrogen-bond acceptors (Lipinski definition) is 6. The van der Waals surface area contributed by atoms with E-state index in [0.717, 1.165) is 42.0 Å². The molecule has 0 bridgehead atoms. The fourth-order valence-corrected chi connectivity index (χ4v) is 4.39. The fourth-order valence-electron chi connectivity index (χ4n) is 3.43. The van der Waals surface area contributed by atoms with Gasteiger partial charge in [-0.2, -0.15) is 0 Å². The van der Waals surface area contributed by atoms with Gasteiger partial charge in [-0.25, -0.2) is 0 Å². The number of hydrogen-bond donors (Lipinski definition) is 1. The van der Waals surface area contributed by atoms with Gasteiger partial charge in [0.1, 0.15) is 11.6 Å². The first-order chi connectivity index (χ1) is 11.5. The van der Waals surface area contributed by atoms with E-state index in [1.165, 1.54) is 11.3 Å². The summed E-state index contributed by atoms with van der Waals surface area (Å²) in [5, 5.41) is 11.9. The molecule has 1 aromatic rings. The highest BCUT2D eigenvalue weighted by Gasteiger charge is 2.48. The number of imide groups is 1. The van der Waals surface area contributed by atoms with Crippen LogP contribution in [0.3, 0.4) is 0 Å². The van der Waals surface area contributed by atoms with Crippen LogP contribution in [0.25, 0.3) is 0 Å². The number of nitrogens with one attached hydrogen (secondary N) is 1. The molecule has 2 aliphatic rings. The van der Waals surface area contributed by atoms with Gasteiger partial charge in [0, 0.05) is 6.42 Å². The first kappa shape index (κ1) is 17.0. The maximum Gasteiger partial charge on any atom is 0.246 e. The van der Waals surface area contributed by atoms with E-state index in [0.29, 0.717) is 11.0 Å². The second-order valence-electron chi connectivity index (χ2n) is 6.91. The molecule has 1 aromatic heterocycles. The molecule has 24 heavy (non-hydrogen) atoms. The first-order valence-corrected chi connectivity index (χ1v) is 9.25. The minimum absolute atomic E-state index is 0.197. The summed E-state index contributed by atoms with van der Waals surface area (Å²) >= 11 is 1.33. The van der Waals surface area contributed by atoms with Crippen molar-refractivity contribution in [2.45, 2.75) is 46.0 Å². The summed E-state index contributed by atoms with van der Waals surface area (Å²) in [6, 6.07) is 0. The third kappa shape index (κ3) is 3.48. The van der Waals surface area contributed by atoms with E-state index in [1.807, 2.05) is 0 Å². The quantitative estimate of drug-likeness (QED) is 0.818. The third-order valence-electron chi connectivity index (χ3n) is 4.53. The Bertz CT molecular complexity index is 634. The van der Waals surface area contributed by atoms with E-state index in [9.17, 15) is 14.4 Å². The zero-order valence-electron chi connectivity index (χ0n) is 13.9. The van der Waals surface area contributed by atoms with Crippen LogP contribution in [0.1, 0.15) is 44.5 Å². The van der Waals surface area contributed by atoms with Crippen molar-refractivity contribution in [3.05, 3.63) is 5.01 Å². The Morgan fingerprint density at radius 3 is 2.42 bits per heavy atom. The lowest BCUT2D eigenvalue weighted by atomic mass is 9.81. The molecule has 3 rings (SSSR count). The summed E-state index contributed by atoms with van der Waals surface area (Å²) in [7, 11) is 0. The van der Waals surface area contributed by atoms with Crippen LogP contribution in [-0.2, 0) is 20.8 Å². The van der Waals surface area contributed by atoms with Gasteiger partial charge < -0.3 is 0 Å². The summed E-state index contributed by atoms with van der Waals surface area (Å²) < 4.78 is 0. The highest BCUT2D eigenvalue weighted by Crippen LogP contribution is 2.37. The zero-order chi connectivity index (χ0) is 17.3. The minimum atomic E-state index is -0.400. The molecule has 2 atom stereocenters. The van der Waals surface area contributed by atoms with Crippen LogP contribution in [0.15, 0.2) is 0 Å². The Kier molecular flexibility index (Phi) is 4.93. The second-order valence-corrected chi connectivity index (χ2v) is 7.97. The molecule has 2 heterocycles. The molecule has 0 unspecified atom stereocenters. The van der Waals surface area contributed by atoms with Gasteiger partial charge in [-0.15, -0.1) is 10.2 Å². The predicted molar refractivity (Wildman–Crippen MR) is 89.2 cm³/mol. The molecular weight excluding hydrogens is 328 g/mol. The van der Waals surface area contributed by atoms with Crippen LogP contribution in [0, 0.1) is 17.8 Å². The van der Waals surface area contributed by atoms with Crippen molar-refractivity contribution in [1.29, 1.82) is 0 Å². The number of amides is 3. The van der Waals surface area contributed by atoms with Gasteiger partial charge in [-0.05, 0) is 18.8 Å². The highest BCUT2D eigenvalue weighted by atomic mass is 32.1. The predicted octanol–water partition coefficient (Wildman–Crippen LogP) is 1.85. The van der Waals surface area contributed by atoms with E-state index in [-0.39, 0.29) is 30.2 Å². The van der Waals surface area contributed by atoms with Gasteiger partial charge in [0.05, 0.1) is 11.8 Å². The van der Waals surface area contributed by atoms with Crippen LogP contribution >= 0.6 is 11.3 Å². The first-order valence-electron chi connectivity index (χ1n) is 8.43. The minimum Gasteiger partial charge on any atom is -0.299 e. The van der Waals surface area contributed by atoms with Crippen LogP contribution in [-0.4, -0.2) is 39.4 Å². The second kappa shape index (κ2) is 6.96. The molecule has 3 amide bonds. The Balaban J connectivity index is 1.59. The molecule has 1 saturated heterocycles. The van der Waals surface area contributed by atoms with Crippen LogP contribution in [0.2, 0.25) is 0 Å². The molecule has 0 spiro atoms. The topological polar surface area (TPSA) is 92.3 Å². The van der Waals surface area contributed by atoms with Crippen molar-refractivity contribution in [3.8, 4) is 0 Å². The monoisotopic (exact) mass is 350 g/mol. The number of carbonyl (C=O) groups is 3. The van der Waals surface area contributed by atoms with E-state index in [2.05, 4.69) is 29.4 Å². The lowest BCUT2D eigenvalue weighted by Gasteiger charge is -2.19. The smallest absolute Gasteiger partial charge is 0.246 e. The molecule has 0 aromatic carbocycles. The lowest BCUT2D eigenvalue weighted by Crippen LogP contribution is -2.38. The van der Waals surface area contributed by atoms with Crippen molar-refractivity contribution in [2.24, 2.45) is 17.8 Å². The van der Waals surface area contributed by atoms with Crippen molar-refractivity contribution >= 4 is 34.2 Å². The average Bonchev–Trinajstić information content (AvgIpc) is 3.05.